The van der Waals surface area contributed by atoms with Gasteiger partial charge < -0.3 is 15.5 Å². The van der Waals surface area contributed by atoms with E-state index in [1.165, 1.54) is 141 Å². The van der Waals surface area contributed by atoms with Crippen molar-refractivity contribution in [3.8, 4) is 0 Å². The summed E-state index contributed by atoms with van der Waals surface area (Å²) in [6.45, 7) is 4.18. The van der Waals surface area contributed by atoms with E-state index in [-0.39, 0.29) is 12.5 Å². The smallest absolute Gasteiger partial charge is 0.220 e. The van der Waals surface area contributed by atoms with Gasteiger partial charge in [-0.3, -0.25) is 4.79 Å². The maximum absolute atomic E-state index is 12.4. The van der Waals surface area contributed by atoms with E-state index < -0.39 is 12.1 Å². The van der Waals surface area contributed by atoms with Crippen LogP contribution in [0.2, 0.25) is 0 Å². The predicted molar refractivity (Wildman–Crippen MR) is 266 cm³/mol. The molecule has 0 aliphatic rings. The van der Waals surface area contributed by atoms with Crippen LogP contribution in [0, 0.1) is 0 Å². The molecule has 0 bridgehead atoms. The summed E-state index contributed by atoms with van der Waals surface area (Å²) < 4.78 is 0. The van der Waals surface area contributed by atoms with Crippen LogP contribution in [0.25, 0.3) is 0 Å². The number of rotatable bonds is 45. The summed E-state index contributed by atoms with van der Waals surface area (Å²) in [5.74, 6) is -0.0794. The molecule has 2 atom stereocenters. The molecule has 3 N–H and O–H groups in total. The summed E-state index contributed by atoms with van der Waals surface area (Å²) in [4.78, 5) is 12.4. The topological polar surface area (TPSA) is 69.6 Å². The van der Waals surface area contributed by atoms with Crippen LogP contribution < -0.4 is 5.32 Å². The molecule has 0 saturated heterocycles. The first-order valence-electron chi connectivity index (χ1n) is 25.5. The molecular weight excluding hydrogens is 735 g/mol. The second kappa shape index (κ2) is 50.7. The van der Waals surface area contributed by atoms with Crippen molar-refractivity contribution in [3.63, 3.8) is 0 Å². The molecule has 4 heteroatoms. The molecule has 0 heterocycles. The third kappa shape index (κ3) is 46.4. The lowest BCUT2D eigenvalue weighted by Crippen LogP contribution is -2.45. The summed E-state index contributed by atoms with van der Waals surface area (Å²) in [7, 11) is 0. The van der Waals surface area contributed by atoms with Gasteiger partial charge in [0, 0.05) is 6.42 Å². The summed E-state index contributed by atoms with van der Waals surface area (Å²) in [6.07, 6.45) is 75.4. The van der Waals surface area contributed by atoms with Gasteiger partial charge in [0.1, 0.15) is 0 Å². The van der Waals surface area contributed by atoms with Crippen LogP contribution in [-0.2, 0) is 4.79 Å². The molecular formula is C56H97NO3. The van der Waals surface area contributed by atoms with Gasteiger partial charge in [0.2, 0.25) is 5.91 Å². The minimum Gasteiger partial charge on any atom is -0.394 e. The van der Waals surface area contributed by atoms with Gasteiger partial charge in [0.05, 0.1) is 18.8 Å². The van der Waals surface area contributed by atoms with Crippen LogP contribution in [0.15, 0.2) is 97.2 Å². The number of allylic oxidation sites excluding steroid dienone is 15. The van der Waals surface area contributed by atoms with Crippen molar-refractivity contribution in [1.82, 2.24) is 5.32 Å². The molecule has 0 rings (SSSR count). The van der Waals surface area contributed by atoms with E-state index in [0.717, 1.165) is 70.6 Å². The second-order valence-corrected chi connectivity index (χ2v) is 16.8. The Labute approximate surface area is 373 Å². The van der Waals surface area contributed by atoms with E-state index in [4.69, 9.17) is 0 Å². The van der Waals surface area contributed by atoms with Crippen molar-refractivity contribution in [3.05, 3.63) is 97.2 Å². The number of aliphatic hydroxyl groups is 2. The summed E-state index contributed by atoms with van der Waals surface area (Å²) >= 11 is 0. The van der Waals surface area contributed by atoms with Crippen LogP contribution >= 0.6 is 0 Å². The van der Waals surface area contributed by atoms with Crippen molar-refractivity contribution in [2.24, 2.45) is 0 Å². The molecule has 0 fully saturated rings. The zero-order valence-corrected chi connectivity index (χ0v) is 39.4. The highest BCUT2D eigenvalue weighted by molar-refractivity contribution is 5.76. The Morgan fingerprint density at radius 1 is 0.417 bits per heavy atom. The molecule has 0 aromatic heterocycles. The van der Waals surface area contributed by atoms with Crippen LogP contribution in [0.3, 0.4) is 0 Å². The van der Waals surface area contributed by atoms with Gasteiger partial charge in [-0.1, -0.05) is 239 Å². The van der Waals surface area contributed by atoms with Gasteiger partial charge in [-0.05, 0) is 83.5 Å². The molecule has 0 spiro atoms. The lowest BCUT2D eigenvalue weighted by Gasteiger charge is -2.19. The molecule has 1 amide bonds. The van der Waals surface area contributed by atoms with E-state index in [0.29, 0.717) is 6.42 Å². The lowest BCUT2D eigenvalue weighted by atomic mass is 10.0. The number of aliphatic hydroxyl groups excluding tert-OH is 2. The van der Waals surface area contributed by atoms with Crippen molar-refractivity contribution in [1.29, 1.82) is 0 Å². The lowest BCUT2D eigenvalue weighted by molar-refractivity contribution is -0.123. The Kier molecular flexibility index (Phi) is 48.4. The molecule has 2 unspecified atom stereocenters. The number of carbonyl (C=O) groups excluding carboxylic acids is 1. The molecule has 0 aromatic carbocycles. The fourth-order valence-electron chi connectivity index (χ4n) is 7.20. The zero-order chi connectivity index (χ0) is 43.5. The Morgan fingerprint density at radius 3 is 1.17 bits per heavy atom. The summed E-state index contributed by atoms with van der Waals surface area (Å²) in [6, 6.07) is -0.645. The highest BCUT2D eigenvalue weighted by Crippen LogP contribution is 2.15. The summed E-state index contributed by atoms with van der Waals surface area (Å²) in [5.41, 5.74) is 0. The number of nitrogens with one attached hydrogen (secondary N) is 1. The zero-order valence-electron chi connectivity index (χ0n) is 39.4. The third-order valence-corrected chi connectivity index (χ3v) is 11.1. The Morgan fingerprint density at radius 2 is 0.750 bits per heavy atom. The predicted octanol–water partition coefficient (Wildman–Crippen LogP) is 16.6. The van der Waals surface area contributed by atoms with E-state index in [1.807, 2.05) is 6.08 Å². The van der Waals surface area contributed by atoms with Crippen molar-refractivity contribution in [2.45, 2.75) is 244 Å². The van der Waals surface area contributed by atoms with Crippen molar-refractivity contribution < 1.29 is 15.0 Å². The molecule has 0 aromatic rings. The van der Waals surface area contributed by atoms with Crippen molar-refractivity contribution >= 4 is 5.91 Å². The van der Waals surface area contributed by atoms with Crippen LogP contribution in [0.4, 0.5) is 0 Å². The first kappa shape index (κ1) is 57.3. The van der Waals surface area contributed by atoms with Gasteiger partial charge in [-0.25, -0.2) is 0 Å². The average molecular weight is 832 g/mol. The van der Waals surface area contributed by atoms with Crippen LogP contribution in [0.1, 0.15) is 232 Å². The molecule has 0 aliphatic heterocycles. The van der Waals surface area contributed by atoms with Crippen molar-refractivity contribution in [2.75, 3.05) is 6.61 Å². The monoisotopic (exact) mass is 832 g/mol. The molecule has 344 valence electrons. The highest BCUT2D eigenvalue weighted by Gasteiger charge is 2.17. The Bertz CT molecular complexity index is 1130. The Hall–Kier alpha value is -2.69. The van der Waals surface area contributed by atoms with Gasteiger partial charge in [-0.2, -0.15) is 0 Å². The van der Waals surface area contributed by atoms with Gasteiger partial charge in [-0.15, -0.1) is 0 Å². The standard InChI is InChI=1S/C56H97NO3/c1-3-5-7-9-11-13-15-17-19-21-22-23-24-25-26-27-28-29-30-31-32-33-34-36-38-40-42-44-46-48-50-52-56(60)57-54(53-58)55(59)51-49-47-45-43-41-39-37-35-20-18-16-14-12-10-8-6-4-2/h5,7,11,13,17,19,22-23,25-26,28-29,41,43,49,51,54-55,58-59H,3-4,6,8-10,12,14-16,18,20-21,24,27,30-40,42,44-48,50,52-53H2,1-2H3,(H,57,60)/b7-5-,13-11-,19-17-,23-22-,26-25-,29-28-,43-41+,51-49+. The highest BCUT2D eigenvalue weighted by atomic mass is 16.3. The van der Waals surface area contributed by atoms with E-state index in [1.54, 1.807) is 6.08 Å². The third-order valence-electron chi connectivity index (χ3n) is 11.1. The summed E-state index contributed by atoms with van der Waals surface area (Å²) in [5, 5.41) is 23.1. The van der Waals surface area contributed by atoms with E-state index >= 15 is 0 Å². The first-order valence-corrected chi connectivity index (χ1v) is 25.5. The normalized spacial score (nSPS) is 13.7. The van der Waals surface area contributed by atoms with Gasteiger partial charge in [0.15, 0.2) is 0 Å². The number of unbranched alkanes of at least 4 members (excludes halogenated alkanes) is 24. The maximum atomic E-state index is 12.4. The number of carbonyl (C=O) groups is 1. The van der Waals surface area contributed by atoms with Crippen LogP contribution in [-0.4, -0.2) is 34.9 Å². The fourth-order valence-corrected chi connectivity index (χ4v) is 7.20. The Balaban J connectivity index is 3.59. The minimum absolute atomic E-state index is 0.0794. The molecule has 0 saturated carbocycles. The SMILES string of the molecule is CC/C=C\C/C=C\C/C=C\C/C=C\C/C=C\C/C=C\CCCCCCCCCCCCCCC(=O)NC(CO)C(O)/C=C/CC/C=C/CCCCCCCCCCCCC. The first-order chi connectivity index (χ1) is 29.7. The second-order valence-electron chi connectivity index (χ2n) is 16.8. The minimum atomic E-state index is -0.868. The van der Waals surface area contributed by atoms with Gasteiger partial charge in [0.25, 0.3) is 0 Å². The molecule has 0 aliphatic carbocycles. The quantitative estimate of drug-likeness (QED) is 0.0423. The van der Waals surface area contributed by atoms with Crippen LogP contribution in [0.5, 0.6) is 0 Å². The molecule has 4 nitrogen and oxygen atoms in total. The average Bonchev–Trinajstić information content (AvgIpc) is 3.25. The molecule has 0 radical (unpaired) electrons. The van der Waals surface area contributed by atoms with E-state index in [2.05, 4.69) is 104 Å². The fraction of sp³-hybridized carbons (Fsp3) is 0.696. The number of amides is 1. The van der Waals surface area contributed by atoms with E-state index in [9.17, 15) is 15.0 Å². The maximum Gasteiger partial charge on any atom is 0.220 e. The number of hydrogen-bond acceptors (Lipinski definition) is 3. The molecule has 60 heavy (non-hydrogen) atoms. The number of hydrogen-bond donors (Lipinski definition) is 3. The largest absolute Gasteiger partial charge is 0.394 e. The van der Waals surface area contributed by atoms with Gasteiger partial charge >= 0.3 is 0 Å².